The van der Waals surface area contributed by atoms with E-state index in [9.17, 15) is 0 Å². The van der Waals surface area contributed by atoms with Crippen molar-refractivity contribution in [2.24, 2.45) is 10.8 Å². The zero-order chi connectivity index (χ0) is 16.4. The Morgan fingerprint density at radius 3 is 1.45 bits per heavy atom. The summed E-state index contributed by atoms with van der Waals surface area (Å²) in [5, 5.41) is 0. The minimum atomic E-state index is -4.94. The predicted octanol–water partition coefficient (Wildman–Crippen LogP) is -2.21. The molecule has 6 heteroatoms. The second kappa shape index (κ2) is 6.28. The minimum absolute atomic E-state index is 0.207. The highest BCUT2D eigenvalue weighted by molar-refractivity contribution is 5.81. The molecule has 0 amide bonds. The molecule has 120 valence electrons. The van der Waals surface area contributed by atoms with E-state index in [2.05, 4.69) is 53.5 Å². The van der Waals surface area contributed by atoms with E-state index in [0.29, 0.717) is 10.8 Å². The molecule has 1 rings (SSSR count). The Balaban J connectivity index is 0.000000621. The van der Waals surface area contributed by atoms with Crippen molar-refractivity contribution >= 4 is 5.71 Å². The average molecular weight is 310 g/mol. The van der Waals surface area contributed by atoms with Gasteiger partial charge in [-0.3, -0.25) is 0 Å². The van der Waals surface area contributed by atoms with E-state index < -0.39 is 10.2 Å². The van der Waals surface area contributed by atoms with Crippen LogP contribution in [0.15, 0.2) is 0 Å². The number of rotatable bonds is 0. The first-order valence-electron chi connectivity index (χ1n) is 6.74. The molecule has 0 heterocycles. The fourth-order valence-electron chi connectivity index (χ4n) is 3.26. The lowest BCUT2D eigenvalue weighted by molar-refractivity contribution is -2.00. The lowest BCUT2D eigenvalue weighted by Crippen LogP contribution is -2.85. The van der Waals surface area contributed by atoms with Crippen LogP contribution in [0.1, 0.15) is 67.7 Å². The molecule has 1 saturated carbocycles. The Labute approximate surface area is 124 Å². The molecule has 5 nitrogen and oxygen atoms in total. The van der Waals surface area contributed by atoms with Gasteiger partial charge in [0.15, 0.2) is 11.3 Å². The molecule has 1 aliphatic carbocycles. The highest BCUT2D eigenvalue weighted by atomic mass is 35.7. The van der Waals surface area contributed by atoms with Crippen LogP contribution in [-0.4, -0.2) is 11.3 Å². The van der Waals surface area contributed by atoms with Gasteiger partial charge in [-0.2, -0.15) is 0 Å². The molecule has 0 unspecified atom stereocenters. The Morgan fingerprint density at radius 2 is 1.20 bits per heavy atom. The van der Waals surface area contributed by atoms with Crippen LogP contribution in [-0.2, 0) is 0 Å². The van der Waals surface area contributed by atoms with Crippen LogP contribution >= 0.6 is 0 Å². The van der Waals surface area contributed by atoms with Crippen LogP contribution in [0.3, 0.4) is 0 Å². The van der Waals surface area contributed by atoms with E-state index in [0.717, 1.165) is 0 Å². The van der Waals surface area contributed by atoms with E-state index in [1.807, 2.05) is 0 Å². The number of halogens is 1. The number of nitrogens with one attached hydrogen (secondary N) is 1. The molecule has 0 aromatic carbocycles. The average Bonchev–Trinajstić information content (AvgIpc) is 1.86. The Hall–Kier alpha value is -0.200. The Kier molecular flexibility index (Phi) is 6.22. The molecule has 0 spiro atoms. The largest absolute Gasteiger partial charge is 0.245 e. The molecule has 0 atom stereocenters. The van der Waals surface area contributed by atoms with Crippen LogP contribution in [0.25, 0.3) is 0 Å². The Morgan fingerprint density at radius 1 is 0.900 bits per heavy atom. The summed E-state index contributed by atoms with van der Waals surface area (Å²) < 4.78 is 34.0. The van der Waals surface area contributed by atoms with Crippen molar-refractivity contribution in [1.82, 2.24) is 0 Å². The van der Waals surface area contributed by atoms with Gasteiger partial charge in [-0.1, -0.05) is 27.7 Å². The smallest absolute Gasteiger partial charge is 0.152 e. The van der Waals surface area contributed by atoms with Gasteiger partial charge in [0.25, 0.3) is 0 Å². The minimum Gasteiger partial charge on any atom is -0.245 e. The van der Waals surface area contributed by atoms with Gasteiger partial charge in [-0.25, -0.2) is 23.6 Å². The van der Waals surface area contributed by atoms with Crippen molar-refractivity contribution in [3.8, 4) is 0 Å². The van der Waals surface area contributed by atoms with Gasteiger partial charge in [0.05, 0.1) is 0 Å². The maximum absolute atomic E-state index is 8.49. The second-order valence-corrected chi connectivity index (χ2v) is 8.97. The van der Waals surface area contributed by atoms with E-state index >= 15 is 0 Å². The number of hydrogen-bond acceptors (Lipinski definition) is 4. The van der Waals surface area contributed by atoms with Crippen LogP contribution in [0, 0.1) is 21.1 Å². The van der Waals surface area contributed by atoms with E-state index in [-0.39, 0.29) is 5.54 Å². The summed E-state index contributed by atoms with van der Waals surface area (Å²) in [5.41, 5.74) is 2.66. The van der Waals surface area contributed by atoms with Crippen LogP contribution in [0.2, 0.25) is 0 Å². The van der Waals surface area contributed by atoms with Gasteiger partial charge in [0, 0.05) is 12.8 Å². The van der Waals surface area contributed by atoms with Gasteiger partial charge in [0.1, 0.15) is 0 Å². The summed E-state index contributed by atoms with van der Waals surface area (Å²) in [4.78, 5) is 3.69. The van der Waals surface area contributed by atoms with Crippen LogP contribution in [0.4, 0.5) is 0 Å². The molecule has 1 aliphatic rings. The highest BCUT2D eigenvalue weighted by Gasteiger charge is 2.39. The molecule has 0 aliphatic heterocycles. The molecule has 20 heavy (non-hydrogen) atoms. The van der Waals surface area contributed by atoms with Gasteiger partial charge < -0.3 is 0 Å². The lowest BCUT2D eigenvalue weighted by atomic mass is 9.64. The summed E-state index contributed by atoms with van der Waals surface area (Å²) >= 11 is 0. The molecule has 0 saturated heterocycles. The molecule has 0 aromatic rings. The van der Waals surface area contributed by atoms with E-state index in [4.69, 9.17) is 18.6 Å². The standard InChI is InChI=1S/C14H27N.ClHO4/c1-12(2,3)15-11-8-13(4,5)10-14(6,7)9-11;2-1(3,4)5/h8-10H2,1-7H3;(H,2,3,4,5). The molecule has 0 radical (unpaired) electrons. The third-order valence-electron chi connectivity index (χ3n) is 2.89. The fourth-order valence-corrected chi connectivity index (χ4v) is 3.26. The maximum atomic E-state index is 8.49. The summed E-state index contributed by atoms with van der Waals surface area (Å²) in [6.45, 7) is 16.3. The summed E-state index contributed by atoms with van der Waals surface area (Å²) in [5.74, 6) is 0. The Bertz CT molecular complexity index is 327. The van der Waals surface area contributed by atoms with Gasteiger partial charge in [-0.15, -0.1) is 10.2 Å². The third kappa shape index (κ3) is 11.6. The first-order chi connectivity index (χ1) is 8.49. The first kappa shape index (κ1) is 19.8. The van der Waals surface area contributed by atoms with Crippen LogP contribution in [0.5, 0.6) is 0 Å². The van der Waals surface area contributed by atoms with Crippen molar-refractivity contribution in [2.45, 2.75) is 73.3 Å². The predicted molar refractivity (Wildman–Crippen MR) is 67.1 cm³/mol. The van der Waals surface area contributed by atoms with Gasteiger partial charge in [-0.05, 0) is 38.0 Å². The molecule has 0 bridgehead atoms. The normalized spacial score (nSPS) is 21.9. The van der Waals surface area contributed by atoms with Gasteiger partial charge in [0.2, 0.25) is 0 Å². The molecule has 0 aromatic heterocycles. The zero-order valence-electron chi connectivity index (χ0n) is 13.6. The first-order valence-corrected chi connectivity index (χ1v) is 7.97. The number of hydrogen-bond donors (Lipinski definition) is 1. The van der Waals surface area contributed by atoms with E-state index in [1.54, 1.807) is 5.71 Å². The monoisotopic (exact) mass is 309 g/mol. The second-order valence-electron chi connectivity index (χ2n) is 8.22. The molecular formula is C14H28ClNO4. The topological polar surface area (TPSA) is 106 Å². The van der Waals surface area contributed by atoms with Gasteiger partial charge >= 0.3 is 0 Å². The van der Waals surface area contributed by atoms with Crippen molar-refractivity contribution in [2.75, 3.05) is 0 Å². The SMILES string of the molecule is CC1(C)CC(=[NH+]C(C)(C)C)CC(C)(C)C1.[O-][Cl+3]([O-])([O-])[O-]. The molecule has 1 fully saturated rings. The van der Waals surface area contributed by atoms with Crippen molar-refractivity contribution in [1.29, 1.82) is 0 Å². The summed E-state index contributed by atoms with van der Waals surface area (Å²) in [6.07, 6.45) is 3.79. The lowest BCUT2D eigenvalue weighted by Gasteiger charge is -2.39. The van der Waals surface area contributed by atoms with Crippen molar-refractivity contribution in [3.05, 3.63) is 0 Å². The quantitative estimate of drug-likeness (QED) is 0.547. The molecule has 1 N–H and O–H groups in total. The van der Waals surface area contributed by atoms with Crippen LogP contribution < -0.4 is 23.6 Å². The highest BCUT2D eigenvalue weighted by Crippen LogP contribution is 2.43. The zero-order valence-corrected chi connectivity index (χ0v) is 14.4. The van der Waals surface area contributed by atoms with Crippen molar-refractivity contribution < 1.29 is 33.9 Å². The fraction of sp³-hybridized carbons (Fsp3) is 0.929. The third-order valence-corrected chi connectivity index (χ3v) is 2.89. The maximum Gasteiger partial charge on any atom is 0.152 e. The van der Waals surface area contributed by atoms with Crippen molar-refractivity contribution in [3.63, 3.8) is 0 Å². The van der Waals surface area contributed by atoms with E-state index in [1.165, 1.54) is 19.3 Å². The summed E-state index contributed by atoms with van der Waals surface area (Å²) in [6, 6.07) is 0. The molecular weight excluding hydrogens is 282 g/mol. The summed E-state index contributed by atoms with van der Waals surface area (Å²) in [7, 11) is -4.94.